The summed E-state index contributed by atoms with van der Waals surface area (Å²) in [5.74, 6) is 5.23. The van der Waals surface area contributed by atoms with Gasteiger partial charge in [0.1, 0.15) is 5.82 Å². The van der Waals surface area contributed by atoms with Crippen LogP contribution in [0.5, 0.6) is 34.5 Å². The Bertz CT molecular complexity index is 1440. The number of aromatic nitrogens is 2. The fourth-order valence-electron chi connectivity index (χ4n) is 4.38. The standard InChI is InChI=1S/C30H35N3O6/c1-8-39-28-18-22-21(17-27(28)38-7)30(32-29(31-22)20-10-12-24(35-4)26(16-20)37-6)33(2)14-13-19-9-11-23(34-3)25(15-19)36-5/h9-12,15-18H,8,13-14H2,1-7H3. The summed E-state index contributed by atoms with van der Waals surface area (Å²) in [6, 6.07) is 15.4. The van der Waals surface area contributed by atoms with Gasteiger partial charge >= 0.3 is 0 Å². The van der Waals surface area contributed by atoms with Crippen LogP contribution in [-0.2, 0) is 6.42 Å². The molecule has 1 heterocycles. The molecule has 0 aliphatic heterocycles. The number of fused-ring (bicyclic) bond motifs is 1. The Morgan fingerprint density at radius 1 is 0.667 bits per heavy atom. The van der Waals surface area contributed by atoms with Crippen molar-refractivity contribution in [3.63, 3.8) is 0 Å². The average Bonchev–Trinajstić information content (AvgIpc) is 2.98. The van der Waals surface area contributed by atoms with E-state index in [0.717, 1.165) is 34.3 Å². The van der Waals surface area contributed by atoms with Crippen LogP contribution in [0.15, 0.2) is 48.5 Å². The van der Waals surface area contributed by atoms with Crippen molar-refractivity contribution in [3.8, 4) is 45.9 Å². The minimum absolute atomic E-state index is 0.508. The number of rotatable bonds is 12. The first kappa shape index (κ1) is 27.6. The monoisotopic (exact) mass is 533 g/mol. The second kappa shape index (κ2) is 12.4. The molecular weight excluding hydrogens is 498 g/mol. The molecule has 0 aliphatic carbocycles. The van der Waals surface area contributed by atoms with Gasteiger partial charge in [-0.3, -0.25) is 0 Å². The van der Waals surface area contributed by atoms with Crippen LogP contribution in [0.1, 0.15) is 12.5 Å². The van der Waals surface area contributed by atoms with Crippen molar-refractivity contribution in [3.05, 3.63) is 54.1 Å². The normalized spacial score (nSPS) is 10.7. The number of likely N-dealkylation sites (N-methyl/N-ethyl adjacent to an activating group) is 1. The molecule has 9 heteroatoms. The van der Waals surface area contributed by atoms with Crippen molar-refractivity contribution in [2.75, 3.05) is 60.6 Å². The molecule has 0 N–H and O–H groups in total. The Balaban J connectivity index is 1.78. The Labute approximate surface area is 229 Å². The minimum atomic E-state index is 0.508. The predicted molar refractivity (Wildman–Crippen MR) is 152 cm³/mol. The second-order valence-electron chi connectivity index (χ2n) is 8.75. The second-order valence-corrected chi connectivity index (χ2v) is 8.75. The molecule has 0 aliphatic rings. The highest BCUT2D eigenvalue weighted by Crippen LogP contribution is 2.38. The van der Waals surface area contributed by atoms with Crippen molar-refractivity contribution < 1.29 is 28.4 Å². The van der Waals surface area contributed by atoms with Gasteiger partial charge in [-0.05, 0) is 55.3 Å². The van der Waals surface area contributed by atoms with Gasteiger partial charge in [0.15, 0.2) is 40.3 Å². The van der Waals surface area contributed by atoms with Gasteiger partial charge in [-0.2, -0.15) is 0 Å². The molecule has 0 bridgehead atoms. The molecule has 0 amide bonds. The van der Waals surface area contributed by atoms with E-state index in [1.165, 1.54) is 0 Å². The van der Waals surface area contributed by atoms with Crippen LogP contribution in [0.25, 0.3) is 22.3 Å². The van der Waals surface area contributed by atoms with Crippen molar-refractivity contribution >= 4 is 16.7 Å². The van der Waals surface area contributed by atoms with E-state index in [0.29, 0.717) is 53.5 Å². The van der Waals surface area contributed by atoms with Crippen LogP contribution in [0.4, 0.5) is 5.82 Å². The number of benzene rings is 3. The molecule has 206 valence electrons. The zero-order valence-electron chi connectivity index (χ0n) is 23.5. The smallest absolute Gasteiger partial charge is 0.163 e. The molecule has 4 aromatic rings. The van der Waals surface area contributed by atoms with Crippen LogP contribution in [0.2, 0.25) is 0 Å². The fraction of sp³-hybridized carbons (Fsp3) is 0.333. The number of methoxy groups -OCH3 is 5. The van der Waals surface area contributed by atoms with Gasteiger partial charge in [0.2, 0.25) is 0 Å². The minimum Gasteiger partial charge on any atom is -0.493 e. The van der Waals surface area contributed by atoms with Gasteiger partial charge in [-0.15, -0.1) is 0 Å². The lowest BCUT2D eigenvalue weighted by atomic mass is 10.1. The number of anilines is 1. The molecule has 4 rings (SSSR count). The predicted octanol–water partition coefficient (Wildman–Crippen LogP) is 5.42. The maximum absolute atomic E-state index is 5.84. The van der Waals surface area contributed by atoms with Crippen molar-refractivity contribution in [2.24, 2.45) is 0 Å². The molecular formula is C30H35N3O6. The molecule has 1 aromatic heterocycles. The summed E-state index contributed by atoms with van der Waals surface area (Å²) in [7, 11) is 10.1. The van der Waals surface area contributed by atoms with Crippen LogP contribution in [-0.4, -0.2) is 65.7 Å². The Hall–Kier alpha value is -4.40. The highest BCUT2D eigenvalue weighted by Gasteiger charge is 2.18. The van der Waals surface area contributed by atoms with Crippen LogP contribution >= 0.6 is 0 Å². The third-order valence-corrected chi connectivity index (χ3v) is 6.45. The third kappa shape index (κ3) is 5.87. The van der Waals surface area contributed by atoms with E-state index in [2.05, 4.69) is 4.90 Å². The lowest BCUT2D eigenvalue weighted by molar-refractivity contribution is 0.311. The van der Waals surface area contributed by atoms with Gasteiger partial charge < -0.3 is 33.3 Å². The van der Waals surface area contributed by atoms with E-state index in [9.17, 15) is 0 Å². The van der Waals surface area contributed by atoms with E-state index in [4.69, 9.17) is 38.4 Å². The lowest BCUT2D eigenvalue weighted by Crippen LogP contribution is -2.22. The summed E-state index contributed by atoms with van der Waals surface area (Å²) in [5.41, 5.74) is 2.67. The van der Waals surface area contributed by atoms with Crippen LogP contribution in [0, 0.1) is 0 Å². The largest absolute Gasteiger partial charge is 0.493 e. The number of hydrogen-bond acceptors (Lipinski definition) is 9. The number of nitrogens with zero attached hydrogens (tertiary/aromatic N) is 3. The Kier molecular flexibility index (Phi) is 8.81. The van der Waals surface area contributed by atoms with Crippen LogP contribution < -0.4 is 33.3 Å². The fourth-order valence-corrected chi connectivity index (χ4v) is 4.38. The summed E-state index contributed by atoms with van der Waals surface area (Å²) >= 11 is 0. The van der Waals surface area contributed by atoms with E-state index in [-0.39, 0.29) is 0 Å². The first-order chi connectivity index (χ1) is 19.0. The van der Waals surface area contributed by atoms with Gasteiger partial charge in [0.05, 0.1) is 47.7 Å². The number of ether oxygens (including phenoxy) is 6. The van der Waals surface area contributed by atoms with E-state index in [1.807, 2.05) is 62.5 Å². The lowest BCUT2D eigenvalue weighted by Gasteiger charge is -2.22. The maximum atomic E-state index is 5.84. The molecule has 0 saturated heterocycles. The van der Waals surface area contributed by atoms with E-state index < -0.39 is 0 Å². The average molecular weight is 534 g/mol. The van der Waals surface area contributed by atoms with Gasteiger partial charge in [0.25, 0.3) is 0 Å². The molecule has 9 nitrogen and oxygen atoms in total. The zero-order valence-corrected chi connectivity index (χ0v) is 23.5. The Morgan fingerprint density at radius 3 is 1.92 bits per heavy atom. The first-order valence-electron chi connectivity index (χ1n) is 12.6. The third-order valence-electron chi connectivity index (χ3n) is 6.45. The zero-order chi connectivity index (χ0) is 27.9. The molecule has 0 radical (unpaired) electrons. The van der Waals surface area contributed by atoms with Crippen molar-refractivity contribution in [1.82, 2.24) is 9.97 Å². The molecule has 3 aromatic carbocycles. The summed E-state index contributed by atoms with van der Waals surface area (Å²) < 4.78 is 33.3. The Morgan fingerprint density at radius 2 is 1.28 bits per heavy atom. The van der Waals surface area contributed by atoms with Gasteiger partial charge in [-0.25, -0.2) is 9.97 Å². The molecule has 39 heavy (non-hydrogen) atoms. The molecule has 0 unspecified atom stereocenters. The highest BCUT2D eigenvalue weighted by molar-refractivity contribution is 5.93. The highest BCUT2D eigenvalue weighted by atomic mass is 16.5. The summed E-state index contributed by atoms with van der Waals surface area (Å²) in [5, 5.41) is 0.856. The van der Waals surface area contributed by atoms with Gasteiger partial charge in [-0.1, -0.05) is 6.07 Å². The first-order valence-corrected chi connectivity index (χ1v) is 12.6. The van der Waals surface area contributed by atoms with Crippen molar-refractivity contribution in [1.29, 1.82) is 0 Å². The van der Waals surface area contributed by atoms with Gasteiger partial charge in [0, 0.05) is 30.6 Å². The molecule has 0 atom stereocenters. The summed E-state index contributed by atoms with van der Waals surface area (Å²) in [6.07, 6.45) is 0.766. The molecule has 0 fully saturated rings. The van der Waals surface area contributed by atoms with Crippen LogP contribution in [0.3, 0.4) is 0 Å². The maximum Gasteiger partial charge on any atom is 0.163 e. The summed E-state index contributed by atoms with van der Waals surface area (Å²) in [6.45, 7) is 3.14. The topological polar surface area (TPSA) is 84.4 Å². The molecule has 0 spiro atoms. The van der Waals surface area contributed by atoms with E-state index >= 15 is 0 Å². The quantitative estimate of drug-likeness (QED) is 0.237. The molecule has 0 saturated carbocycles. The van der Waals surface area contributed by atoms with Crippen molar-refractivity contribution in [2.45, 2.75) is 13.3 Å². The SMILES string of the molecule is CCOc1cc2nc(-c3ccc(OC)c(OC)c3)nc(N(C)CCc3ccc(OC)c(OC)c3)c2cc1OC. The number of hydrogen-bond donors (Lipinski definition) is 0. The summed E-state index contributed by atoms with van der Waals surface area (Å²) in [4.78, 5) is 12.0. The van der Waals surface area contributed by atoms with E-state index in [1.54, 1.807) is 35.5 Å².